The van der Waals surface area contributed by atoms with E-state index < -0.39 is 11.4 Å². The first kappa shape index (κ1) is 17.0. The van der Waals surface area contributed by atoms with Gasteiger partial charge in [0.1, 0.15) is 0 Å². The molecule has 1 saturated carbocycles. The number of rotatable bonds is 8. The lowest BCUT2D eigenvalue weighted by atomic mass is 9.76. The molecular formula is C16H29NO3. The predicted molar refractivity (Wildman–Crippen MR) is 79.4 cm³/mol. The first-order valence-corrected chi connectivity index (χ1v) is 7.71. The van der Waals surface area contributed by atoms with Crippen molar-refractivity contribution in [1.29, 1.82) is 0 Å². The van der Waals surface area contributed by atoms with E-state index in [-0.39, 0.29) is 18.2 Å². The Balaban J connectivity index is 2.72. The molecule has 1 fully saturated rings. The molecule has 0 heterocycles. The second-order valence-corrected chi connectivity index (χ2v) is 7.05. The third-order valence-electron chi connectivity index (χ3n) is 4.54. The van der Waals surface area contributed by atoms with Crippen molar-refractivity contribution in [3.05, 3.63) is 0 Å². The van der Waals surface area contributed by atoms with Gasteiger partial charge in [-0.3, -0.25) is 9.59 Å². The maximum Gasteiger partial charge on any atom is 0.310 e. The molecule has 0 spiro atoms. The number of carboxylic acids is 1. The molecule has 0 aliphatic heterocycles. The first-order chi connectivity index (χ1) is 9.18. The summed E-state index contributed by atoms with van der Waals surface area (Å²) in [7, 11) is 0. The molecule has 116 valence electrons. The number of carboxylic acid groups (broad SMARTS) is 1. The third-order valence-corrected chi connectivity index (χ3v) is 4.54. The lowest BCUT2D eigenvalue weighted by Crippen LogP contribution is -2.42. The van der Waals surface area contributed by atoms with Gasteiger partial charge in [-0.15, -0.1) is 0 Å². The number of hydrogen-bond acceptors (Lipinski definition) is 2. The van der Waals surface area contributed by atoms with Crippen LogP contribution in [0, 0.1) is 17.3 Å². The number of aliphatic carboxylic acids is 1. The van der Waals surface area contributed by atoms with Crippen molar-refractivity contribution in [3.8, 4) is 0 Å². The Hall–Kier alpha value is -1.06. The second-order valence-electron chi connectivity index (χ2n) is 7.05. The van der Waals surface area contributed by atoms with Crippen LogP contribution in [0.15, 0.2) is 0 Å². The van der Waals surface area contributed by atoms with Crippen LogP contribution in [0.1, 0.15) is 60.3 Å². The van der Waals surface area contributed by atoms with E-state index in [9.17, 15) is 14.7 Å². The highest BCUT2D eigenvalue weighted by molar-refractivity contribution is 5.85. The van der Waals surface area contributed by atoms with Crippen LogP contribution in [-0.2, 0) is 9.59 Å². The largest absolute Gasteiger partial charge is 0.481 e. The number of nitrogens with zero attached hydrogens (tertiary/aromatic N) is 1. The fraction of sp³-hybridized carbons (Fsp3) is 0.875. The lowest BCUT2D eigenvalue weighted by molar-refractivity contribution is -0.155. The molecule has 1 rings (SSSR count). The average molecular weight is 283 g/mol. The minimum atomic E-state index is -0.970. The molecule has 4 heteroatoms. The quantitative estimate of drug-likeness (QED) is 0.744. The number of amides is 1. The summed E-state index contributed by atoms with van der Waals surface area (Å²) in [6.07, 6.45) is 3.22. The molecule has 1 aliphatic carbocycles. The zero-order valence-corrected chi connectivity index (χ0v) is 13.5. The third kappa shape index (κ3) is 4.22. The smallest absolute Gasteiger partial charge is 0.310 e. The minimum absolute atomic E-state index is 0.00625. The molecule has 20 heavy (non-hydrogen) atoms. The highest BCUT2D eigenvalue weighted by atomic mass is 16.4. The first-order valence-electron chi connectivity index (χ1n) is 7.71. The maximum atomic E-state index is 12.5. The highest BCUT2D eigenvalue weighted by Crippen LogP contribution is 2.35. The molecule has 4 nitrogen and oxygen atoms in total. The topological polar surface area (TPSA) is 57.6 Å². The van der Waals surface area contributed by atoms with E-state index in [1.54, 1.807) is 6.92 Å². The van der Waals surface area contributed by atoms with E-state index in [4.69, 9.17) is 0 Å². The Kier molecular flexibility index (Phi) is 5.60. The molecular weight excluding hydrogens is 254 g/mol. The summed E-state index contributed by atoms with van der Waals surface area (Å²) in [5, 5.41) is 9.44. The van der Waals surface area contributed by atoms with Crippen LogP contribution >= 0.6 is 0 Å². The molecule has 1 aliphatic rings. The van der Waals surface area contributed by atoms with Gasteiger partial charge < -0.3 is 10.0 Å². The van der Waals surface area contributed by atoms with Crippen LogP contribution in [0.25, 0.3) is 0 Å². The Morgan fingerprint density at radius 1 is 1.25 bits per heavy atom. The normalized spacial score (nSPS) is 18.1. The lowest BCUT2D eigenvalue weighted by Gasteiger charge is -2.32. The van der Waals surface area contributed by atoms with Gasteiger partial charge in [-0.25, -0.2) is 0 Å². The van der Waals surface area contributed by atoms with Crippen molar-refractivity contribution in [3.63, 3.8) is 0 Å². The van der Waals surface area contributed by atoms with Gasteiger partial charge in [0.15, 0.2) is 0 Å². The molecule has 0 aromatic carbocycles. The van der Waals surface area contributed by atoms with Gasteiger partial charge in [0.25, 0.3) is 0 Å². The van der Waals surface area contributed by atoms with E-state index in [1.165, 1.54) is 0 Å². The van der Waals surface area contributed by atoms with Gasteiger partial charge in [-0.1, -0.05) is 27.7 Å². The summed E-state index contributed by atoms with van der Waals surface area (Å²) in [5.41, 5.74) is -0.970. The van der Waals surface area contributed by atoms with E-state index in [0.29, 0.717) is 12.0 Å². The van der Waals surface area contributed by atoms with Gasteiger partial charge in [-0.2, -0.15) is 0 Å². The van der Waals surface area contributed by atoms with Crippen LogP contribution in [0.3, 0.4) is 0 Å². The van der Waals surface area contributed by atoms with Crippen molar-refractivity contribution in [2.24, 2.45) is 17.3 Å². The fourth-order valence-corrected chi connectivity index (χ4v) is 2.24. The maximum absolute atomic E-state index is 12.5. The van der Waals surface area contributed by atoms with E-state index in [2.05, 4.69) is 13.8 Å². The summed E-state index contributed by atoms with van der Waals surface area (Å²) in [5.74, 6) is -0.373. The van der Waals surface area contributed by atoms with E-state index in [0.717, 1.165) is 25.8 Å². The number of hydrogen-bond donors (Lipinski definition) is 1. The minimum Gasteiger partial charge on any atom is -0.481 e. The average Bonchev–Trinajstić information content (AvgIpc) is 3.12. The van der Waals surface area contributed by atoms with Gasteiger partial charge in [0.05, 0.1) is 5.41 Å². The van der Waals surface area contributed by atoms with Crippen LogP contribution in [0.2, 0.25) is 0 Å². The monoisotopic (exact) mass is 283 g/mol. The number of carbonyl (C=O) groups excluding carboxylic acids is 1. The molecule has 1 unspecified atom stereocenters. The van der Waals surface area contributed by atoms with Crippen molar-refractivity contribution in [2.45, 2.75) is 66.3 Å². The van der Waals surface area contributed by atoms with Crippen molar-refractivity contribution < 1.29 is 14.7 Å². The summed E-state index contributed by atoms with van der Waals surface area (Å²) < 4.78 is 0. The fourth-order valence-electron chi connectivity index (χ4n) is 2.24. The van der Waals surface area contributed by atoms with E-state index >= 15 is 0 Å². The van der Waals surface area contributed by atoms with Gasteiger partial charge in [0, 0.05) is 19.0 Å². The zero-order chi connectivity index (χ0) is 15.5. The SMILES string of the molecule is CC(C)CCN(C(=O)CC(C)(C(=O)O)C(C)C)C1CC1. The molecule has 1 atom stereocenters. The Morgan fingerprint density at radius 2 is 1.80 bits per heavy atom. The van der Waals surface area contributed by atoms with Gasteiger partial charge >= 0.3 is 5.97 Å². The Bertz CT molecular complexity index is 361. The second kappa shape index (κ2) is 6.59. The predicted octanol–water partition coefficient (Wildman–Crippen LogP) is 3.16. The zero-order valence-electron chi connectivity index (χ0n) is 13.5. The summed E-state index contributed by atoms with van der Waals surface area (Å²) in [6, 6.07) is 0.353. The number of carbonyl (C=O) groups is 2. The highest BCUT2D eigenvalue weighted by Gasteiger charge is 2.42. The molecule has 0 aromatic heterocycles. The summed E-state index contributed by atoms with van der Waals surface area (Å²) in [4.78, 5) is 25.9. The Labute approximate surface area is 122 Å². The van der Waals surface area contributed by atoms with Crippen molar-refractivity contribution >= 4 is 11.9 Å². The molecule has 0 radical (unpaired) electrons. The van der Waals surface area contributed by atoms with Crippen molar-refractivity contribution in [1.82, 2.24) is 4.90 Å². The molecule has 1 N–H and O–H groups in total. The van der Waals surface area contributed by atoms with Crippen LogP contribution in [0.4, 0.5) is 0 Å². The van der Waals surface area contributed by atoms with E-state index in [1.807, 2.05) is 18.7 Å². The summed E-state index contributed by atoms with van der Waals surface area (Å²) >= 11 is 0. The standard InChI is InChI=1S/C16H29NO3/c1-11(2)8-9-17(13-6-7-13)14(18)10-16(5,12(3)4)15(19)20/h11-13H,6-10H2,1-5H3,(H,19,20). The summed E-state index contributed by atoms with van der Waals surface area (Å²) in [6.45, 7) is 10.5. The van der Waals surface area contributed by atoms with Crippen LogP contribution in [-0.4, -0.2) is 34.5 Å². The van der Waals surface area contributed by atoms with Crippen molar-refractivity contribution in [2.75, 3.05) is 6.54 Å². The van der Waals surface area contributed by atoms with Gasteiger partial charge in [-0.05, 0) is 38.0 Å². The van der Waals surface area contributed by atoms with Gasteiger partial charge in [0.2, 0.25) is 5.91 Å². The molecule has 0 saturated heterocycles. The van der Waals surface area contributed by atoms with Crippen LogP contribution in [0.5, 0.6) is 0 Å². The molecule has 0 aromatic rings. The van der Waals surface area contributed by atoms with Crippen LogP contribution < -0.4 is 0 Å². The molecule has 1 amide bonds. The Morgan fingerprint density at radius 3 is 2.15 bits per heavy atom. The molecule has 0 bridgehead atoms.